The summed E-state index contributed by atoms with van der Waals surface area (Å²) in [7, 11) is 0. The molecule has 4 atom stereocenters. The Labute approximate surface area is 202 Å². The number of benzene rings is 1. The molecular weight excluding hydrogens is 452 g/mol. The highest BCUT2D eigenvalue weighted by atomic mass is 32.1. The predicted octanol–water partition coefficient (Wildman–Crippen LogP) is 4.19. The molecule has 2 saturated heterocycles. The Morgan fingerprint density at radius 3 is 2.38 bits per heavy atom. The van der Waals surface area contributed by atoms with Crippen molar-refractivity contribution >= 4 is 40.6 Å². The number of nitrogens with zero attached hydrogens (tertiary/aromatic N) is 1. The monoisotopic (exact) mass is 480 g/mol. The lowest BCUT2D eigenvalue weighted by molar-refractivity contribution is -0.150. The molecule has 178 valence electrons. The number of hydrogen-bond acceptors (Lipinski definition) is 6. The summed E-state index contributed by atoms with van der Waals surface area (Å²) in [6, 6.07) is 9.58. The number of ketones is 1. The molecule has 0 radical (unpaired) electrons. The number of aliphatic carboxylic acids is 1. The lowest BCUT2D eigenvalue weighted by Crippen LogP contribution is -2.56. The Kier molecular flexibility index (Phi) is 5.90. The summed E-state index contributed by atoms with van der Waals surface area (Å²) in [5, 5.41) is 15.7. The van der Waals surface area contributed by atoms with Gasteiger partial charge in [-0.1, -0.05) is 38.2 Å². The van der Waals surface area contributed by atoms with Crippen LogP contribution in [-0.4, -0.2) is 34.2 Å². The fourth-order valence-electron chi connectivity index (χ4n) is 6.13. The van der Waals surface area contributed by atoms with Crippen molar-refractivity contribution in [2.45, 2.75) is 57.0 Å². The highest BCUT2D eigenvalue weighted by Gasteiger charge is 2.69. The molecule has 0 spiro atoms. The van der Waals surface area contributed by atoms with Gasteiger partial charge in [0.1, 0.15) is 5.54 Å². The second kappa shape index (κ2) is 8.74. The van der Waals surface area contributed by atoms with Crippen LogP contribution in [0.3, 0.4) is 0 Å². The number of thiophene rings is 1. The number of carbonyl (C=O) groups is 4. The topological polar surface area (TPSA) is 104 Å². The SMILES string of the molecule is CC(=O)c1ccc(N2C(=O)C3C(c4cccs4)NC(CC4CCCCC4)(C(=O)O)C3C2=O)cc1. The number of anilines is 1. The van der Waals surface area contributed by atoms with E-state index in [2.05, 4.69) is 5.32 Å². The van der Waals surface area contributed by atoms with Gasteiger partial charge in [-0.25, -0.2) is 4.90 Å². The molecule has 1 aromatic carbocycles. The summed E-state index contributed by atoms with van der Waals surface area (Å²) in [5.41, 5.74) is -0.642. The van der Waals surface area contributed by atoms with Crippen LogP contribution in [0.2, 0.25) is 0 Å². The van der Waals surface area contributed by atoms with E-state index in [1.807, 2.05) is 17.5 Å². The number of nitrogens with one attached hydrogen (secondary N) is 1. The lowest BCUT2D eigenvalue weighted by Gasteiger charge is -2.35. The molecule has 5 rings (SSSR count). The molecule has 2 aliphatic heterocycles. The Hall–Kier alpha value is -2.84. The Bertz CT molecular complexity index is 1120. The maximum absolute atomic E-state index is 13.8. The van der Waals surface area contributed by atoms with Crippen molar-refractivity contribution in [1.82, 2.24) is 5.32 Å². The first kappa shape index (κ1) is 22.9. The maximum Gasteiger partial charge on any atom is 0.324 e. The first-order chi connectivity index (χ1) is 16.3. The zero-order chi connectivity index (χ0) is 24.0. The molecule has 1 aromatic heterocycles. The number of imide groups is 1. The standard InChI is InChI=1S/C26H28N2O5S/c1-15(29)17-9-11-18(12-10-17)28-23(30)20-21(24(28)31)26(25(32)33,14-16-6-3-2-4-7-16)27-22(20)19-8-5-13-34-19/h5,8-13,16,20-22,27H,2-4,6-7,14H2,1H3,(H,32,33). The largest absolute Gasteiger partial charge is 0.480 e. The third kappa shape index (κ3) is 3.60. The minimum absolute atomic E-state index is 0.109. The highest BCUT2D eigenvalue weighted by Crippen LogP contribution is 2.53. The Balaban J connectivity index is 1.57. The summed E-state index contributed by atoms with van der Waals surface area (Å²) in [6.07, 6.45) is 5.48. The van der Waals surface area contributed by atoms with Gasteiger partial charge in [0.25, 0.3) is 0 Å². The molecule has 2 N–H and O–H groups in total. The van der Waals surface area contributed by atoms with Crippen molar-refractivity contribution in [3.8, 4) is 0 Å². The summed E-state index contributed by atoms with van der Waals surface area (Å²) < 4.78 is 0. The van der Waals surface area contributed by atoms with Crippen LogP contribution < -0.4 is 10.2 Å². The minimum Gasteiger partial charge on any atom is -0.480 e. The van der Waals surface area contributed by atoms with Gasteiger partial charge in [0.15, 0.2) is 5.78 Å². The van der Waals surface area contributed by atoms with Crippen LogP contribution in [0.25, 0.3) is 0 Å². The van der Waals surface area contributed by atoms with Gasteiger partial charge in [0.05, 0.1) is 23.6 Å². The molecule has 2 aromatic rings. The summed E-state index contributed by atoms with van der Waals surface area (Å²) in [6.45, 7) is 1.45. The summed E-state index contributed by atoms with van der Waals surface area (Å²) >= 11 is 1.46. The van der Waals surface area contributed by atoms with Crippen LogP contribution in [0.15, 0.2) is 41.8 Å². The molecule has 3 aliphatic rings. The fourth-order valence-corrected chi connectivity index (χ4v) is 6.96. The zero-order valence-electron chi connectivity index (χ0n) is 19.0. The van der Waals surface area contributed by atoms with Crippen molar-refractivity contribution in [3.05, 3.63) is 52.2 Å². The van der Waals surface area contributed by atoms with Gasteiger partial charge in [0, 0.05) is 10.4 Å². The lowest BCUT2D eigenvalue weighted by atomic mass is 9.72. The van der Waals surface area contributed by atoms with Crippen LogP contribution in [0.5, 0.6) is 0 Å². The molecule has 3 heterocycles. The van der Waals surface area contributed by atoms with Crippen LogP contribution >= 0.6 is 11.3 Å². The van der Waals surface area contributed by atoms with Crippen LogP contribution in [0.1, 0.15) is 66.7 Å². The molecule has 1 saturated carbocycles. The average Bonchev–Trinajstić information content (AvgIpc) is 3.52. The molecule has 34 heavy (non-hydrogen) atoms. The number of hydrogen-bond donors (Lipinski definition) is 2. The molecule has 2 amide bonds. The molecule has 7 nitrogen and oxygen atoms in total. The van der Waals surface area contributed by atoms with Crippen molar-refractivity contribution in [2.24, 2.45) is 17.8 Å². The van der Waals surface area contributed by atoms with E-state index in [0.29, 0.717) is 17.7 Å². The quantitative estimate of drug-likeness (QED) is 0.475. The molecule has 1 aliphatic carbocycles. The molecular formula is C26H28N2O5S. The smallest absolute Gasteiger partial charge is 0.324 e. The zero-order valence-corrected chi connectivity index (χ0v) is 19.8. The number of rotatable bonds is 6. The van der Waals surface area contributed by atoms with Gasteiger partial charge in [-0.2, -0.15) is 0 Å². The summed E-state index contributed by atoms with van der Waals surface area (Å²) in [5.74, 6) is -3.62. The predicted molar refractivity (Wildman–Crippen MR) is 128 cm³/mol. The fraction of sp³-hybridized carbons (Fsp3) is 0.462. The number of carboxylic acids is 1. The van der Waals surface area contributed by atoms with Crippen LogP contribution in [0, 0.1) is 17.8 Å². The average molecular weight is 481 g/mol. The number of fused-ring (bicyclic) bond motifs is 1. The van der Waals surface area contributed by atoms with Crippen molar-refractivity contribution < 1.29 is 24.3 Å². The van der Waals surface area contributed by atoms with Crippen molar-refractivity contribution in [2.75, 3.05) is 4.90 Å². The van der Waals surface area contributed by atoms with E-state index < -0.39 is 35.3 Å². The maximum atomic E-state index is 13.8. The molecule has 8 heteroatoms. The van der Waals surface area contributed by atoms with Crippen molar-refractivity contribution in [3.63, 3.8) is 0 Å². The second-order valence-corrected chi connectivity index (χ2v) is 10.7. The molecule has 0 bridgehead atoms. The summed E-state index contributed by atoms with van der Waals surface area (Å²) in [4.78, 5) is 54.1. The van der Waals surface area contributed by atoms with Gasteiger partial charge in [-0.3, -0.25) is 24.5 Å². The van der Waals surface area contributed by atoms with E-state index in [4.69, 9.17) is 0 Å². The first-order valence-corrected chi connectivity index (χ1v) is 12.7. The van der Waals surface area contributed by atoms with Crippen LogP contribution in [0.4, 0.5) is 5.69 Å². The van der Waals surface area contributed by atoms with Gasteiger partial charge >= 0.3 is 5.97 Å². The number of carbonyl (C=O) groups excluding carboxylic acids is 3. The van der Waals surface area contributed by atoms with E-state index in [1.54, 1.807) is 24.3 Å². The van der Waals surface area contributed by atoms with E-state index in [9.17, 15) is 24.3 Å². The third-order valence-electron chi connectivity index (χ3n) is 7.75. The van der Waals surface area contributed by atoms with E-state index in [1.165, 1.54) is 18.3 Å². The van der Waals surface area contributed by atoms with Gasteiger partial charge in [-0.15, -0.1) is 11.3 Å². The van der Waals surface area contributed by atoms with E-state index >= 15 is 0 Å². The Morgan fingerprint density at radius 1 is 1.09 bits per heavy atom. The van der Waals surface area contributed by atoms with Crippen molar-refractivity contribution in [1.29, 1.82) is 0 Å². The Morgan fingerprint density at radius 2 is 1.79 bits per heavy atom. The minimum atomic E-state index is -1.50. The second-order valence-electron chi connectivity index (χ2n) is 9.74. The van der Waals surface area contributed by atoms with Crippen LogP contribution in [-0.2, 0) is 14.4 Å². The van der Waals surface area contributed by atoms with Gasteiger partial charge in [-0.05, 0) is 55.0 Å². The molecule has 4 unspecified atom stereocenters. The highest BCUT2D eigenvalue weighted by molar-refractivity contribution is 7.10. The number of Topliss-reactive ketones (excluding diaryl/α,β-unsaturated/α-hetero) is 1. The van der Waals surface area contributed by atoms with Gasteiger partial charge in [0.2, 0.25) is 11.8 Å². The number of carboxylic acid groups (broad SMARTS) is 1. The number of amides is 2. The normalized spacial score (nSPS) is 29.4. The molecule has 3 fully saturated rings. The van der Waals surface area contributed by atoms with E-state index in [0.717, 1.165) is 41.9 Å². The van der Waals surface area contributed by atoms with E-state index in [-0.39, 0.29) is 17.6 Å². The van der Waals surface area contributed by atoms with Gasteiger partial charge < -0.3 is 5.11 Å². The first-order valence-electron chi connectivity index (χ1n) is 11.9. The third-order valence-corrected chi connectivity index (χ3v) is 8.71.